The van der Waals surface area contributed by atoms with Gasteiger partial charge >= 0.3 is 6.55 Å². The van der Waals surface area contributed by atoms with E-state index in [1.807, 2.05) is 6.07 Å². The second kappa shape index (κ2) is 9.37. The number of hydrogen-bond acceptors (Lipinski definition) is 7. The van der Waals surface area contributed by atoms with Crippen LogP contribution in [0.3, 0.4) is 0 Å². The van der Waals surface area contributed by atoms with E-state index >= 15 is 0 Å². The molecule has 1 aliphatic rings. The molecule has 5 aromatic rings. The molecule has 0 aliphatic carbocycles. The Morgan fingerprint density at radius 2 is 1.97 bits per heavy atom. The van der Waals surface area contributed by atoms with Crippen molar-refractivity contribution < 1.29 is 8.78 Å². The van der Waals surface area contributed by atoms with E-state index < -0.39 is 6.55 Å². The van der Waals surface area contributed by atoms with Crippen molar-refractivity contribution in [1.82, 2.24) is 39.7 Å². The standard InChI is InChI=1S/C24H24Cl2F2N10/c1-24(2)12-36(4-3-31-24)21-7-18(29-10-20-33-16-5-14(25)15(26)6-17(16)34-20)22-30-9-19(38(22)35-21)13-8-32-37(11-13)23(27)28/h5-9,11,23,29,31H,3-4,10,12H2,1-2H3,(H,33,34). The topological polar surface area (TPSA) is 104 Å². The summed E-state index contributed by atoms with van der Waals surface area (Å²) in [5, 5.41) is 16.4. The molecule has 38 heavy (non-hydrogen) atoms. The van der Waals surface area contributed by atoms with E-state index in [9.17, 15) is 8.78 Å². The van der Waals surface area contributed by atoms with Crippen molar-refractivity contribution in [2.45, 2.75) is 32.5 Å². The van der Waals surface area contributed by atoms with Crippen molar-refractivity contribution in [2.75, 3.05) is 29.9 Å². The number of aromatic amines is 1. The average Bonchev–Trinajstić information content (AvgIpc) is 3.60. The van der Waals surface area contributed by atoms with E-state index in [4.69, 9.17) is 28.3 Å². The van der Waals surface area contributed by atoms with Crippen LogP contribution in [0, 0.1) is 0 Å². The Bertz CT molecular complexity index is 1600. The fourth-order valence-corrected chi connectivity index (χ4v) is 4.99. The van der Waals surface area contributed by atoms with Gasteiger partial charge in [0.05, 0.1) is 51.4 Å². The highest BCUT2D eigenvalue weighted by Gasteiger charge is 2.28. The summed E-state index contributed by atoms with van der Waals surface area (Å²) >= 11 is 12.3. The third-order valence-electron chi connectivity index (χ3n) is 6.47. The number of nitrogens with one attached hydrogen (secondary N) is 3. The Morgan fingerprint density at radius 1 is 1.16 bits per heavy atom. The smallest absolute Gasteiger partial charge is 0.333 e. The number of alkyl halides is 2. The van der Waals surface area contributed by atoms with E-state index in [-0.39, 0.29) is 5.54 Å². The Kier molecular flexibility index (Phi) is 6.12. The van der Waals surface area contributed by atoms with Gasteiger partial charge in [0.2, 0.25) is 0 Å². The second-order valence-corrected chi connectivity index (χ2v) is 10.6. The van der Waals surface area contributed by atoms with Gasteiger partial charge in [-0.3, -0.25) is 0 Å². The van der Waals surface area contributed by atoms with E-state index in [0.717, 1.165) is 36.7 Å². The van der Waals surface area contributed by atoms with Gasteiger partial charge in [-0.25, -0.2) is 19.2 Å². The zero-order valence-corrected chi connectivity index (χ0v) is 22.0. The fraction of sp³-hybridized carbons (Fsp3) is 0.333. The van der Waals surface area contributed by atoms with Crippen LogP contribution < -0.4 is 15.5 Å². The van der Waals surface area contributed by atoms with Gasteiger partial charge in [0.1, 0.15) is 5.82 Å². The number of nitrogens with zero attached hydrogens (tertiary/aromatic N) is 7. The quantitative estimate of drug-likeness (QED) is 0.269. The number of imidazole rings is 2. The number of halogens is 4. The van der Waals surface area contributed by atoms with Crippen LogP contribution in [-0.2, 0) is 6.54 Å². The van der Waals surface area contributed by atoms with Crippen LogP contribution in [0.5, 0.6) is 0 Å². The first-order valence-electron chi connectivity index (χ1n) is 12.0. The Balaban J connectivity index is 1.39. The summed E-state index contributed by atoms with van der Waals surface area (Å²) in [7, 11) is 0. The van der Waals surface area contributed by atoms with Gasteiger partial charge in [-0.2, -0.15) is 13.9 Å². The summed E-state index contributed by atoms with van der Waals surface area (Å²) in [4.78, 5) is 14.6. The van der Waals surface area contributed by atoms with Crippen molar-refractivity contribution in [3.8, 4) is 11.3 Å². The number of fused-ring (bicyclic) bond motifs is 2. The maximum atomic E-state index is 13.2. The maximum absolute atomic E-state index is 13.2. The molecule has 0 unspecified atom stereocenters. The monoisotopic (exact) mass is 560 g/mol. The van der Waals surface area contributed by atoms with Crippen LogP contribution in [0.25, 0.3) is 27.9 Å². The van der Waals surface area contributed by atoms with E-state index in [0.29, 0.717) is 49.5 Å². The van der Waals surface area contributed by atoms with Crippen LogP contribution in [-0.4, -0.2) is 59.5 Å². The summed E-state index contributed by atoms with van der Waals surface area (Å²) < 4.78 is 28.6. The molecule has 198 valence electrons. The van der Waals surface area contributed by atoms with E-state index in [2.05, 4.69) is 49.4 Å². The zero-order valence-electron chi connectivity index (χ0n) is 20.5. The molecular weight excluding hydrogens is 537 g/mol. The molecule has 0 saturated carbocycles. The molecule has 6 rings (SSSR count). The molecule has 14 heteroatoms. The molecule has 1 aliphatic heterocycles. The lowest BCUT2D eigenvalue weighted by atomic mass is 10.0. The highest BCUT2D eigenvalue weighted by atomic mass is 35.5. The maximum Gasteiger partial charge on any atom is 0.333 e. The lowest BCUT2D eigenvalue weighted by Crippen LogP contribution is -2.57. The van der Waals surface area contributed by atoms with Crippen molar-refractivity contribution >= 4 is 51.4 Å². The van der Waals surface area contributed by atoms with Crippen molar-refractivity contribution in [1.29, 1.82) is 0 Å². The van der Waals surface area contributed by atoms with Crippen LogP contribution in [0.2, 0.25) is 10.0 Å². The average molecular weight is 561 g/mol. The molecule has 0 bridgehead atoms. The molecule has 0 atom stereocenters. The van der Waals surface area contributed by atoms with Gasteiger partial charge in [-0.05, 0) is 26.0 Å². The number of aromatic nitrogens is 7. The van der Waals surface area contributed by atoms with Gasteiger partial charge < -0.3 is 20.5 Å². The predicted octanol–water partition coefficient (Wildman–Crippen LogP) is 4.97. The third kappa shape index (κ3) is 4.63. The number of anilines is 2. The Morgan fingerprint density at radius 3 is 2.74 bits per heavy atom. The predicted molar refractivity (Wildman–Crippen MR) is 143 cm³/mol. The van der Waals surface area contributed by atoms with Crippen molar-refractivity contribution in [3.63, 3.8) is 0 Å². The molecule has 5 heterocycles. The van der Waals surface area contributed by atoms with Crippen LogP contribution in [0.15, 0.2) is 36.8 Å². The number of hydrogen-bond donors (Lipinski definition) is 3. The van der Waals surface area contributed by atoms with Gasteiger partial charge in [0.15, 0.2) is 11.5 Å². The molecular formula is C24H24Cl2F2N10. The lowest BCUT2D eigenvalue weighted by molar-refractivity contribution is 0.0566. The summed E-state index contributed by atoms with van der Waals surface area (Å²) in [5.41, 5.74) is 3.69. The second-order valence-electron chi connectivity index (χ2n) is 9.83. The first-order valence-corrected chi connectivity index (χ1v) is 12.7. The highest BCUT2D eigenvalue weighted by Crippen LogP contribution is 2.30. The van der Waals surface area contributed by atoms with Crippen molar-refractivity contribution in [3.05, 3.63) is 52.7 Å². The fourth-order valence-electron chi connectivity index (χ4n) is 4.67. The largest absolute Gasteiger partial charge is 0.375 e. The molecule has 0 radical (unpaired) electrons. The minimum absolute atomic E-state index is 0.102. The molecule has 1 fully saturated rings. The van der Waals surface area contributed by atoms with Gasteiger partial charge in [0.25, 0.3) is 0 Å². The first kappa shape index (κ1) is 24.8. The third-order valence-corrected chi connectivity index (χ3v) is 7.19. The molecule has 3 N–H and O–H groups in total. The van der Waals surface area contributed by atoms with Crippen LogP contribution >= 0.6 is 23.2 Å². The number of rotatable bonds is 6. The molecule has 0 spiro atoms. The molecule has 0 amide bonds. The molecule has 10 nitrogen and oxygen atoms in total. The summed E-state index contributed by atoms with van der Waals surface area (Å²) in [6.07, 6.45) is 4.28. The minimum Gasteiger partial charge on any atom is -0.375 e. The van der Waals surface area contributed by atoms with Gasteiger partial charge in [-0.1, -0.05) is 23.2 Å². The molecule has 1 aromatic carbocycles. The normalized spacial score (nSPS) is 15.7. The molecule has 1 saturated heterocycles. The SMILES string of the molecule is CC1(C)CN(c2cc(NCc3nc4cc(Cl)c(Cl)cc4[nH]3)c3ncc(-c4cnn(C(F)F)c4)n3n2)CCN1. The van der Waals surface area contributed by atoms with Crippen LogP contribution in [0.4, 0.5) is 20.3 Å². The van der Waals surface area contributed by atoms with E-state index in [1.165, 1.54) is 12.4 Å². The van der Waals surface area contributed by atoms with E-state index in [1.54, 1.807) is 22.8 Å². The highest BCUT2D eigenvalue weighted by molar-refractivity contribution is 6.42. The van der Waals surface area contributed by atoms with Gasteiger partial charge in [0, 0.05) is 43.0 Å². The van der Waals surface area contributed by atoms with Crippen LogP contribution in [0.1, 0.15) is 26.2 Å². The Hall–Kier alpha value is -3.48. The van der Waals surface area contributed by atoms with Gasteiger partial charge in [-0.15, -0.1) is 5.10 Å². The summed E-state index contributed by atoms with van der Waals surface area (Å²) in [6.45, 7) is 4.21. The minimum atomic E-state index is -2.74. The zero-order chi connectivity index (χ0) is 26.6. The number of piperazine rings is 1. The number of H-pyrrole nitrogens is 1. The Labute approximate surface area is 226 Å². The number of benzene rings is 1. The van der Waals surface area contributed by atoms with Crippen molar-refractivity contribution in [2.24, 2.45) is 0 Å². The summed E-state index contributed by atoms with van der Waals surface area (Å²) in [5.74, 6) is 1.42. The lowest BCUT2D eigenvalue weighted by Gasteiger charge is -2.39. The molecule has 4 aromatic heterocycles. The first-order chi connectivity index (χ1) is 18.2. The summed E-state index contributed by atoms with van der Waals surface area (Å²) in [6, 6.07) is 5.41.